The topological polar surface area (TPSA) is 82.0 Å². The van der Waals surface area contributed by atoms with Crippen molar-refractivity contribution >= 4 is 38.8 Å². The fourth-order valence-electron chi connectivity index (χ4n) is 2.01. The Morgan fingerprint density at radius 1 is 1.43 bits per heavy atom. The Morgan fingerprint density at radius 3 is 2.71 bits per heavy atom. The summed E-state index contributed by atoms with van der Waals surface area (Å²) >= 11 is 4.96. The number of anilines is 2. The molecule has 0 saturated heterocycles. The maximum atomic E-state index is 12.2. The van der Waals surface area contributed by atoms with E-state index in [1.165, 1.54) is 11.6 Å². The highest BCUT2D eigenvalue weighted by Gasteiger charge is 2.14. The van der Waals surface area contributed by atoms with Gasteiger partial charge in [-0.1, -0.05) is 6.92 Å². The normalized spacial score (nSPS) is 10.8. The zero-order valence-corrected chi connectivity index (χ0v) is 14.3. The lowest BCUT2D eigenvalue weighted by molar-refractivity contribution is 0.600. The average Bonchev–Trinajstić information content (AvgIpc) is 2.87. The summed E-state index contributed by atoms with van der Waals surface area (Å²) < 4.78 is 3.51. The molecule has 3 N–H and O–H groups in total. The van der Waals surface area contributed by atoms with Crippen LogP contribution >= 0.6 is 27.3 Å². The second kappa shape index (κ2) is 6.48. The smallest absolute Gasteiger partial charge is 0.332 e. The van der Waals surface area contributed by atoms with Crippen LogP contribution in [0.3, 0.4) is 0 Å². The van der Waals surface area contributed by atoms with Gasteiger partial charge in [0.1, 0.15) is 11.5 Å². The highest BCUT2D eigenvalue weighted by atomic mass is 79.9. The van der Waals surface area contributed by atoms with Crippen LogP contribution in [0.1, 0.15) is 18.2 Å². The quantitative estimate of drug-likeness (QED) is 0.840. The second-order valence-corrected chi connectivity index (χ2v) is 6.55. The summed E-state index contributed by atoms with van der Waals surface area (Å²) in [4.78, 5) is 25.3. The standard InChI is InChI=1S/C13H17BrN4O2S/c1-3-4-18-11(15)10(12(19)17(2)13(18)20)16-6-9-5-8(14)7-21-9/h5,7,16H,3-4,6,15H2,1-2H3. The van der Waals surface area contributed by atoms with Gasteiger partial charge >= 0.3 is 5.69 Å². The molecule has 0 saturated carbocycles. The summed E-state index contributed by atoms with van der Waals surface area (Å²) in [5, 5.41) is 5.02. The number of nitrogens with zero attached hydrogens (tertiary/aromatic N) is 2. The molecule has 114 valence electrons. The molecule has 0 unspecified atom stereocenters. The molecule has 0 radical (unpaired) electrons. The van der Waals surface area contributed by atoms with Gasteiger partial charge in [0.2, 0.25) is 0 Å². The lowest BCUT2D eigenvalue weighted by Crippen LogP contribution is -2.40. The van der Waals surface area contributed by atoms with Crippen molar-refractivity contribution in [1.82, 2.24) is 9.13 Å². The SMILES string of the molecule is CCCn1c(N)c(NCc2cc(Br)cs2)c(=O)n(C)c1=O. The number of nitrogens with two attached hydrogens (primary N) is 1. The van der Waals surface area contributed by atoms with Gasteiger partial charge < -0.3 is 11.1 Å². The van der Waals surface area contributed by atoms with E-state index in [1.54, 1.807) is 11.3 Å². The van der Waals surface area contributed by atoms with E-state index in [2.05, 4.69) is 21.2 Å². The summed E-state index contributed by atoms with van der Waals surface area (Å²) in [6.45, 7) is 2.92. The van der Waals surface area contributed by atoms with E-state index in [0.29, 0.717) is 13.1 Å². The molecule has 0 atom stereocenters. The van der Waals surface area contributed by atoms with E-state index in [1.807, 2.05) is 18.4 Å². The van der Waals surface area contributed by atoms with E-state index in [9.17, 15) is 9.59 Å². The lowest BCUT2D eigenvalue weighted by Gasteiger charge is -2.15. The summed E-state index contributed by atoms with van der Waals surface area (Å²) in [5.74, 6) is 0.195. The Bertz CT molecular complexity index is 763. The monoisotopic (exact) mass is 372 g/mol. The van der Waals surface area contributed by atoms with Crippen molar-refractivity contribution in [1.29, 1.82) is 0 Å². The minimum atomic E-state index is -0.402. The van der Waals surface area contributed by atoms with Crippen LogP contribution in [0.4, 0.5) is 11.5 Å². The number of thiophene rings is 1. The molecule has 0 spiro atoms. The Morgan fingerprint density at radius 2 is 2.14 bits per heavy atom. The predicted octanol–water partition coefficient (Wildman–Crippen LogP) is 1.98. The van der Waals surface area contributed by atoms with Crippen molar-refractivity contribution in [3.05, 3.63) is 41.6 Å². The first-order valence-corrected chi connectivity index (χ1v) is 8.19. The van der Waals surface area contributed by atoms with Crippen molar-refractivity contribution in [3.63, 3.8) is 0 Å². The molecule has 0 aliphatic rings. The molecular formula is C13H17BrN4O2S. The maximum Gasteiger partial charge on any atom is 0.332 e. The number of nitrogen functional groups attached to an aromatic ring is 1. The first-order valence-electron chi connectivity index (χ1n) is 6.51. The summed E-state index contributed by atoms with van der Waals surface area (Å²) in [6.07, 6.45) is 0.764. The third-order valence-corrected chi connectivity index (χ3v) is 4.79. The Labute approximate surface area is 134 Å². The molecule has 2 aromatic heterocycles. The molecule has 0 aromatic carbocycles. The third kappa shape index (κ3) is 3.21. The molecule has 6 nitrogen and oxygen atoms in total. The predicted molar refractivity (Wildman–Crippen MR) is 90.0 cm³/mol. The van der Waals surface area contributed by atoms with E-state index < -0.39 is 5.56 Å². The highest BCUT2D eigenvalue weighted by molar-refractivity contribution is 9.10. The van der Waals surface area contributed by atoms with Crippen molar-refractivity contribution < 1.29 is 0 Å². The highest BCUT2D eigenvalue weighted by Crippen LogP contribution is 2.21. The van der Waals surface area contributed by atoms with Crippen molar-refractivity contribution in [2.45, 2.75) is 26.4 Å². The number of aromatic nitrogens is 2. The van der Waals surface area contributed by atoms with Crippen molar-refractivity contribution in [2.75, 3.05) is 11.1 Å². The zero-order valence-electron chi connectivity index (χ0n) is 11.9. The van der Waals surface area contributed by atoms with Gasteiger partial charge in [0.05, 0.1) is 0 Å². The fraction of sp³-hybridized carbons (Fsp3) is 0.385. The van der Waals surface area contributed by atoms with E-state index in [4.69, 9.17) is 5.73 Å². The van der Waals surface area contributed by atoms with Crippen molar-refractivity contribution in [2.24, 2.45) is 7.05 Å². The number of halogens is 1. The Balaban J connectivity index is 2.38. The largest absolute Gasteiger partial charge is 0.383 e. The summed E-state index contributed by atoms with van der Waals surface area (Å²) in [5.41, 5.74) is 5.48. The van der Waals surface area contributed by atoms with Crippen LogP contribution in [0.15, 0.2) is 25.5 Å². The number of hydrogen-bond acceptors (Lipinski definition) is 5. The second-order valence-electron chi connectivity index (χ2n) is 4.64. The van der Waals surface area contributed by atoms with Crippen LogP contribution < -0.4 is 22.3 Å². The number of nitrogens with one attached hydrogen (secondary N) is 1. The van der Waals surface area contributed by atoms with E-state index in [-0.39, 0.29) is 17.2 Å². The zero-order chi connectivity index (χ0) is 15.6. The van der Waals surface area contributed by atoms with E-state index in [0.717, 1.165) is 20.3 Å². The number of rotatable bonds is 5. The van der Waals surface area contributed by atoms with Gasteiger partial charge in [0.25, 0.3) is 5.56 Å². The molecule has 2 heterocycles. The van der Waals surface area contributed by atoms with Crippen LogP contribution in [-0.4, -0.2) is 9.13 Å². The van der Waals surface area contributed by atoms with Crippen LogP contribution in [0.2, 0.25) is 0 Å². The summed E-state index contributed by atoms with van der Waals surface area (Å²) in [6, 6.07) is 1.97. The van der Waals surface area contributed by atoms with Crippen LogP contribution in [0, 0.1) is 0 Å². The first-order chi connectivity index (χ1) is 9.95. The minimum absolute atomic E-state index is 0.195. The van der Waals surface area contributed by atoms with Gasteiger partial charge in [-0.15, -0.1) is 11.3 Å². The third-order valence-electron chi connectivity index (χ3n) is 3.09. The molecule has 0 bridgehead atoms. The summed E-state index contributed by atoms with van der Waals surface area (Å²) in [7, 11) is 1.46. The molecule has 0 fully saturated rings. The molecular weight excluding hydrogens is 356 g/mol. The molecule has 21 heavy (non-hydrogen) atoms. The van der Waals surface area contributed by atoms with Gasteiger partial charge in [-0.2, -0.15) is 0 Å². The Hall–Kier alpha value is -1.54. The van der Waals surface area contributed by atoms with Gasteiger partial charge in [0.15, 0.2) is 0 Å². The van der Waals surface area contributed by atoms with Crippen molar-refractivity contribution in [3.8, 4) is 0 Å². The van der Waals surface area contributed by atoms with Crippen LogP contribution in [0.25, 0.3) is 0 Å². The molecule has 0 aliphatic carbocycles. The van der Waals surface area contributed by atoms with Gasteiger partial charge in [-0.3, -0.25) is 13.9 Å². The van der Waals surface area contributed by atoms with Gasteiger partial charge in [-0.25, -0.2) is 4.79 Å². The molecule has 8 heteroatoms. The minimum Gasteiger partial charge on any atom is -0.383 e. The number of hydrogen-bond donors (Lipinski definition) is 2. The molecule has 0 amide bonds. The first kappa shape index (κ1) is 15.8. The average molecular weight is 373 g/mol. The Kier molecular flexibility index (Phi) is 4.89. The van der Waals surface area contributed by atoms with Gasteiger partial charge in [-0.05, 0) is 28.4 Å². The van der Waals surface area contributed by atoms with E-state index >= 15 is 0 Å². The maximum absolute atomic E-state index is 12.2. The molecule has 2 aromatic rings. The van der Waals surface area contributed by atoms with Gasteiger partial charge in [0, 0.05) is 34.9 Å². The molecule has 2 rings (SSSR count). The fourth-order valence-corrected chi connectivity index (χ4v) is 3.40. The lowest BCUT2D eigenvalue weighted by atomic mass is 10.3. The van der Waals surface area contributed by atoms with Crippen LogP contribution in [-0.2, 0) is 20.1 Å². The van der Waals surface area contributed by atoms with Crippen LogP contribution in [0.5, 0.6) is 0 Å². The molecule has 0 aliphatic heterocycles.